The van der Waals surface area contributed by atoms with Gasteiger partial charge < -0.3 is 5.73 Å². The molecule has 86 valence electrons. The molecule has 0 radical (unpaired) electrons. The summed E-state index contributed by atoms with van der Waals surface area (Å²) in [4.78, 5) is 16.9. The molecule has 17 heavy (non-hydrogen) atoms. The molecule has 0 aliphatic rings. The second-order valence-corrected chi connectivity index (χ2v) is 4.48. The van der Waals surface area contributed by atoms with Gasteiger partial charge in [-0.1, -0.05) is 0 Å². The number of hydrogen-bond donors (Lipinski definition) is 1. The number of hydrogen-bond acceptors (Lipinski definition) is 5. The summed E-state index contributed by atoms with van der Waals surface area (Å²) in [7, 11) is 0. The SMILES string of the molecule is Nc1cnn(Cc2cn3ccsc3n2)c(=O)c1. The van der Waals surface area contributed by atoms with E-state index >= 15 is 0 Å². The second-order valence-electron chi connectivity index (χ2n) is 3.61. The van der Waals surface area contributed by atoms with E-state index in [9.17, 15) is 4.79 Å². The molecular weight excluding hydrogens is 238 g/mol. The molecule has 0 spiro atoms. The van der Waals surface area contributed by atoms with Gasteiger partial charge in [-0.2, -0.15) is 5.10 Å². The van der Waals surface area contributed by atoms with Gasteiger partial charge in [0.15, 0.2) is 4.96 Å². The van der Waals surface area contributed by atoms with Crippen LogP contribution in [0.4, 0.5) is 5.69 Å². The Labute approximate surface area is 100.0 Å². The van der Waals surface area contributed by atoms with Crippen molar-refractivity contribution >= 4 is 22.0 Å². The summed E-state index contributed by atoms with van der Waals surface area (Å²) in [6, 6.07) is 1.35. The van der Waals surface area contributed by atoms with Crippen LogP contribution in [-0.2, 0) is 6.54 Å². The van der Waals surface area contributed by atoms with E-state index < -0.39 is 0 Å². The minimum absolute atomic E-state index is 0.221. The van der Waals surface area contributed by atoms with Crippen molar-refractivity contribution < 1.29 is 0 Å². The van der Waals surface area contributed by atoms with E-state index in [4.69, 9.17) is 5.73 Å². The fourth-order valence-corrected chi connectivity index (χ4v) is 2.29. The molecule has 0 saturated carbocycles. The third-order valence-electron chi connectivity index (χ3n) is 2.35. The van der Waals surface area contributed by atoms with Crippen molar-refractivity contribution in [3.8, 4) is 0 Å². The van der Waals surface area contributed by atoms with E-state index in [0.29, 0.717) is 12.2 Å². The van der Waals surface area contributed by atoms with Crippen LogP contribution >= 0.6 is 11.3 Å². The maximum Gasteiger partial charge on any atom is 0.269 e. The number of fused-ring (bicyclic) bond motifs is 1. The Hall–Kier alpha value is -2.15. The molecule has 0 saturated heterocycles. The molecule has 0 bridgehead atoms. The molecule has 2 N–H and O–H groups in total. The monoisotopic (exact) mass is 247 g/mol. The molecule has 3 aromatic rings. The van der Waals surface area contributed by atoms with E-state index in [1.807, 2.05) is 22.2 Å². The number of nitrogen functional groups attached to an aromatic ring is 1. The lowest BCUT2D eigenvalue weighted by Gasteiger charge is -2.00. The molecule has 0 amide bonds. The summed E-state index contributed by atoms with van der Waals surface area (Å²) >= 11 is 1.55. The molecular formula is C10H9N5OS. The first-order valence-corrected chi connectivity index (χ1v) is 5.84. The van der Waals surface area contributed by atoms with Gasteiger partial charge in [-0.25, -0.2) is 9.67 Å². The van der Waals surface area contributed by atoms with Crippen molar-refractivity contribution in [1.29, 1.82) is 0 Å². The lowest BCUT2D eigenvalue weighted by atomic mass is 10.4. The molecule has 0 aliphatic heterocycles. The van der Waals surface area contributed by atoms with Crippen LogP contribution in [0.5, 0.6) is 0 Å². The van der Waals surface area contributed by atoms with Gasteiger partial charge in [-0.15, -0.1) is 11.3 Å². The molecule has 3 aromatic heterocycles. The zero-order valence-corrected chi connectivity index (χ0v) is 9.59. The Morgan fingerprint density at radius 2 is 2.35 bits per heavy atom. The van der Waals surface area contributed by atoms with Crippen molar-refractivity contribution in [1.82, 2.24) is 19.2 Å². The Morgan fingerprint density at radius 3 is 3.12 bits per heavy atom. The van der Waals surface area contributed by atoms with Crippen LogP contribution in [-0.4, -0.2) is 19.2 Å². The van der Waals surface area contributed by atoms with Gasteiger partial charge >= 0.3 is 0 Å². The predicted molar refractivity (Wildman–Crippen MR) is 65.1 cm³/mol. The molecule has 0 aliphatic carbocycles. The lowest BCUT2D eigenvalue weighted by molar-refractivity contribution is 0.631. The van der Waals surface area contributed by atoms with Crippen LogP contribution in [0.2, 0.25) is 0 Å². The average molecular weight is 247 g/mol. The molecule has 3 heterocycles. The number of anilines is 1. The number of thiazole rings is 1. The minimum atomic E-state index is -0.221. The number of imidazole rings is 1. The maximum absolute atomic E-state index is 11.6. The smallest absolute Gasteiger partial charge is 0.269 e. The van der Waals surface area contributed by atoms with E-state index in [0.717, 1.165) is 10.7 Å². The van der Waals surface area contributed by atoms with Gasteiger partial charge in [-0.3, -0.25) is 9.20 Å². The zero-order valence-electron chi connectivity index (χ0n) is 8.78. The second kappa shape index (κ2) is 3.70. The van der Waals surface area contributed by atoms with Crippen molar-refractivity contribution in [3.63, 3.8) is 0 Å². The maximum atomic E-state index is 11.6. The van der Waals surface area contributed by atoms with Crippen LogP contribution in [0.3, 0.4) is 0 Å². The van der Waals surface area contributed by atoms with Crippen LogP contribution < -0.4 is 11.3 Å². The van der Waals surface area contributed by atoms with Crippen molar-refractivity contribution in [2.45, 2.75) is 6.54 Å². The van der Waals surface area contributed by atoms with Crippen LogP contribution in [0, 0.1) is 0 Å². The normalized spacial score (nSPS) is 11.1. The molecule has 0 fully saturated rings. The highest BCUT2D eigenvalue weighted by Gasteiger charge is 2.05. The van der Waals surface area contributed by atoms with Gasteiger partial charge in [0.25, 0.3) is 5.56 Å². The number of aromatic nitrogens is 4. The van der Waals surface area contributed by atoms with Gasteiger partial charge in [0.1, 0.15) is 0 Å². The first-order chi connectivity index (χ1) is 8.22. The van der Waals surface area contributed by atoms with Crippen molar-refractivity contribution in [2.24, 2.45) is 0 Å². The topological polar surface area (TPSA) is 78.2 Å². The summed E-state index contributed by atoms with van der Waals surface area (Å²) in [6.07, 6.45) is 5.27. The Kier molecular flexibility index (Phi) is 2.19. The van der Waals surface area contributed by atoms with E-state index in [2.05, 4.69) is 10.1 Å². The van der Waals surface area contributed by atoms with Gasteiger partial charge in [0, 0.05) is 23.8 Å². The van der Waals surface area contributed by atoms with Crippen molar-refractivity contribution in [3.05, 3.63) is 46.1 Å². The Bertz CT molecular complexity index is 697. The van der Waals surface area contributed by atoms with Gasteiger partial charge in [0.2, 0.25) is 0 Å². The largest absolute Gasteiger partial charge is 0.397 e. The molecule has 3 rings (SSSR count). The summed E-state index contributed by atoms with van der Waals surface area (Å²) in [5.74, 6) is 0. The summed E-state index contributed by atoms with van der Waals surface area (Å²) in [5, 5.41) is 5.92. The highest BCUT2D eigenvalue weighted by molar-refractivity contribution is 7.15. The standard InChI is InChI=1S/C10H9N5OS/c11-7-3-9(16)15(12-4-7)6-8-5-14-1-2-17-10(14)13-8/h1-5H,6,11H2. The number of rotatable bonds is 2. The van der Waals surface area contributed by atoms with Gasteiger partial charge in [-0.05, 0) is 0 Å². The summed E-state index contributed by atoms with van der Waals surface area (Å²) < 4.78 is 3.26. The molecule has 0 aromatic carbocycles. The Morgan fingerprint density at radius 1 is 1.47 bits per heavy atom. The average Bonchev–Trinajstić information content (AvgIpc) is 2.82. The predicted octanol–water partition coefficient (Wildman–Crippen LogP) is 0.583. The Balaban J connectivity index is 1.96. The highest BCUT2D eigenvalue weighted by atomic mass is 32.1. The quantitative estimate of drug-likeness (QED) is 0.718. The van der Waals surface area contributed by atoms with E-state index in [1.165, 1.54) is 16.9 Å². The zero-order chi connectivity index (χ0) is 11.8. The first-order valence-electron chi connectivity index (χ1n) is 4.96. The molecule has 6 nitrogen and oxygen atoms in total. The summed E-state index contributed by atoms with van der Waals surface area (Å²) in [6.45, 7) is 0.355. The van der Waals surface area contributed by atoms with Crippen LogP contribution in [0.15, 0.2) is 34.8 Å². The van der Waals surface area contributed by atoms with Crippen LogP contribution in [0.1, 0.15) is 5.69 Å². The fourth-order valence-electron chi connectivity index (χ4n) is 1.57. The summed E-state index contributed by atoms with van der Waals surface area (Å²) in [5.41, 5.74) is 6.43. The van der Waals surface area contributed by atoms with E-state index in [1.54, 1.807) is 11.3 Å². The third-order valence-corrected chi connectivity index (χ3v) is 3.12. The van der Waals surface area contributed by atoms with Crippen LogP contribution in [0.25, 0.3) is 4.96 Å². The number of nitrogens with two attached hydrogens (primary N) is 1. The minimum Gasteiger partial charge on any atom is -0.397 e. The highest BCUT2D eigenvalue weighted by Crippen LogP contribution is 2.11. The fraction of sp³-hybridized carbons (Fsp3) is 0.100. The number of nitrogens with zero attached hydrogens (tertiary/aromatic N) is 4. The van der Waals surface area contributed by atoms with Gasteiger partial charge in [0.05, 0.1) is 24.1 Å². The van der Waals surface area contributed by atoms with Crippen molar-refractivity contribution in [2.75, 3.05) is 5.73 Å². The third kappa shape index (κ3) is 1.80. The molecule has 0 atom stereocenters. The lowest BCUT2D eigenvalue weighted by Crippen LogP contribution is -2.23. The molecule has 0 unspecified atom stereocenters. The molecule has 7 heteroatoms. The first kappa shape index (κ1) is 10.0. The van der Waals surface area contributed by atoms with E-state index in [-0.39, 0.29) is 5.56 Å².